The highest BCUT2D eigenvalue weighted by Crippen LogP contribution is 2.40. The molecule has 0 bridgehead atoms. The van der Waals surface area contributed by atoms with E-state index in [0.29, 0.717) is 11.9 Å². The molecule has 1 heterocycles. The van der Waals surface area contributed by atoms with E-state index in [0.717, 1.165) is 37.1 Å². The molecule has 0 spiro atoms. The maximum absolute atomic E-state index is 13.8. The molecule has 3 rings (SSSR count). The SMILES string of the molecule is CC[C@@H](C)Nc1nc(Nc2c(F)ccc(F)c2F)cc(C2CC2)n1. The molecule has 24 heavy (non-hydrogen) atoms. The fourth-order valence-electron chi connectivity index (χ4n) is 2.28. The highest BCUT2D eigenvalue weighted by Gasteiger charge is 2.26. The van der Waals surface area contributed by atoms with Gasteiger partial charge < -0.3 is 10.6 Å². The minimum Gasteiger partial charge on any atom is -0.352 e. The first-order valence-corrected chi connectivity index (χ1v) is 8.04. The average molecular weight is 336 g/mol. The number of anilines is 3. The van der Waals surface area contributed by atoms with Crippen LogP contribution in [0, 0.1) is 17.5 Å². The molecular formula is C17H19F3N4. The van der Waals surface area contributed by atoms with Gasteiger partial charge in [-0.15, -0.1) is 0 Å². The van der Waals surface area contributed by atoms with Crippen molar-refractivity contribution in [2.75, 3.05) is 10.6 Å². The Balaban J connectivity index is 1.94. The molecule has 4 nitrogen and oxygen atoms in total. The van der Waals surface area contributed by atoms with Crippen molar-refractivity contribution >= 4 is 17.5 Å². The van der Waals surface area contributed by atoms with Crippen LogP contribution in [0.25, 0.3) is 0 Å². The minimum atomic E-state index is -1.27. The lowest BCUT2D eigenvalue weighted by Gasteiger charge is -2.15. The highest BCUT2D eigenvalue weighted by molar-refractivity contribution is 5.59. The molecule has 0 unspecified atom stereocenters. The predicted molar refractivity (Wildman–Crippen MR) is 87.0 cm³/mol. The normalized spacial score (nSPS) is 15.2. The summed E-state index contributed by atoms with van der Waals surface area (Å²) in [5, 5.41) is 5.71. The van der Waals surface area contributed by atoms with E-state index in [1.807, 2.05) is 13.8 Å². The molecule has 1 aromatic carbocycles. The summed E-state index contributed by atoms with van der Waals surface area (Å²) in [6.07, 6.45) is 2.94. The zero-order valence-electron chi connectivity index (χ0n) is 13.5. The van der Waals surface area contributed by atoms with E-state index in [-0.39, 0.29) is 11.9 Å². The summed E-state index contributed by atoms with van der Waals surface area (Å²) in [4.78, 5) is 8.71. The number of aromatic nitrogens is 2. The van der Waals surface area contributed by atoms with Crippen molar-refractivity contribution in [1.29, 1.82) is 0 Å². The van der Waals surface area contributed by atoms with E-state index in [9.17, 15) is 13.2 Å². The quantitative estimate of drug-likeness (QED) is 0.749. The number of nitrogens with one attached hydrogen (secondary N) is 2. The maximum atomic E-state index is 13.8. The predicted octanol–water partition coefficient (Wildman–Crippen LogP) is 4.73. The van der Waals surface area contributed by atoms with E-state index in [4.69, 9.17) is 0 Å². The summed E-state index contributed by atoms with van der Waals surface area (Å²) < 4.78 is 41.0. The van der Waals surface area contributed by atoms with Crippen molar-refractivity contribution < 1.29 is 13.2 Å². The number of benzene rings is 1. The molecule has 1 fully saturated rings. The third-order valence-corrected chi connectivity index (χ3v) is 4.03. The van der Waals surface area contributed by atoms with E-state index in [1.165, 1.54) is 0 Å². The first kappa shape index (κ1) is 16.5. The molecule has 0 saturated heterocycles. The zero-order valence-corrected chi connectivity index (χ0v) is 13.5. The van der Waals surface area contributed by atoms with Crippen molar-refractivity contribution in [3.05, 3.63) is 41.3 Å². The van der Waals surface area contributed by atoms with E-state index >= 15 is 0 Å². The smallest absolute Gasteiger partial charge is 0.225 e. The van der Waals surface area contributed by atoms with Crippen molar-refractivity contribution in [3.8, 4) is 0 Å². The van der Waals surface area contributed by atoms with Crippen LogP contribution in [-0.4, -0.2) is 16.0 Å². The van der Waals surface area contributed by atoms with Gasteiger partial charge in [0.15, 0.2) is 11.6 Å². The molecule has 0 amide bonds. The first-order valence-electron chi connectivity index (χ1n) is 8.04. The van der Waals surface area contributed by atoms with E-state index in [1.54, 1.807) is 6.07 Å². The Kier molecular flexibility index (Phi) is 4.59. The van der Waals surface area contributed by atoms with Crippen molar-refractivity contribution in [1.82, 2.24) is 9.97 Å². The number of hydrogen-bond donors (Lipinski definition) is 2. The number of rotatable bonds is 6. The fraction of sp³-hybridized carbons (Fsp3) is 0.412. The molecule has 1 saturated carbocycles. The molecule has 0 radical (unpaired) electrons. The lowest BCUT2D eigenvalue weighted by atomic mass is 10.2. The van der Waals surface area contributed by atoms with Crippen LogP contribution in [0.4, 0.5) is 30.6 Å². The summed E-state index contributed by atoms with van der Waals surface area (Å²) in [5.41, 5.74) is 0.264. The second kappa shape index (κ2) is 6.67. The van der Waals surface area contributed by atoms with Crippen LogP contribution in [0.5, 0.6) is 0 Å². The van der Waals surface area contributed by atoms with E-state index < -0.39 is 23.1 Å². The highest BCUT2D eigenvalue weighted by atomic mass is 19.2. The summed E-state index contributed by atoms with van der Waals surface area (Å²) in [6, 6.07) is 3.45. The topological polar surface area (TPSA) is 49.8 Å². The van der Waals surface area contributed by atoms with Crippen LogP contribution >= 0.6 is 0 Å². The second-order valence-electron chi connectivity index (χ2n) is 6.07. The van der Waals surface area contributed by atoms with Crippen molar-refractivity contribution in [3.63, 3.8) is 0 Å². The van der Waals surface area contributed by atoms with Gasteiger partial charge in [0.05, 0.1) is 5.69 Å². The number of nitrogens with zero attached hydrogens (tertiary/aromatic N) is 2. The van der Waals surface area contributed by atoms with Gasteiger partial charge in [-0.05, 0) is 38.3 Å². The molecule has 0 aliphatic heterocycles. The third-order valence-electron chi connectivity index (χ3n) is 4.03. The maximum Gasteiger partial charge on any atom is 0.225 e. The Labute approximate surface area is 138 Å². The van der Waals surface area contributed by atoms with Crippen LogP contribution in [0.3, 0.4) is 0 Å². The third kappa shape index (κ3) is 3.60. The lowest BCUT2D eigenvalue weighted by molar-refractivity contribution is 0.499. The molecular weight excluding hydrogens is 317 g/mol. The average Bonchev–Trinajstić information content (AvgIpc) is 3.40. The Hall–Kier alpha value is -2.31. The van der Waals surface area contributed by atoms with Crippen LogP contribution < -0.4 is 10.6 Å². The van der Waals surface area contributed by atoms with Crippen LogP contribution in [-0.2, 0) is 0 Å². The van der Waals surface area contributed by atoms with Crippen molar-refractivity contribution in [2.24, 2.45) is 0 Å². The minimum absolute atomic E-state index is 0.162. The van der Waals surface area contributed by atoms with Gasteiger partial charge in [0, 0.05) is 18.0 Å². The van der Waals surface area contributed by atoms with Crippen LogP contribution in [0.15, 0.2) is 18.2 Å². The molecule has 1 atom stereocenters. The Morgan fingerprint density at radius 2 is 1.88 bits per heavy atom. The van der Waals surface area contributed by atoms with Gasteiger partial charge in [-0.1, -0.05) is 6.92 Å². The standard InChI is InChI=1S/C17H19F3N4/c1-3-9(2)21-17-22-13(10-4-5-10)8-14(24-17)23-16-12(19)7-6-11(18)15(16)20/h6-10H,3-5H2,1-2H3,(H2,21,22,23,24)/t9-/m1/s1. The van der Waals surface area contributed by atoms with E-state index in [2.05, 4.69) is 20.6 Å². The molecule has 2 N–H and O–H groups in total. The summed E-state index contributed by atoms with van der Waals surface area (Å²) >= 11 is 0. The first-order chi connectivity index (χ1) is 11.5. The van der Waals surface area contributed by atoms with Gasteiger partial charge in [-0.3, -0.25) is 0 Å². The number of halogens is 3. The van der Waals surface area contributed by atoms with Gasteiger partial charge in [-0.25, -0.2) is 18.2 Å². The van der Waals surface area contributed by atoms with Gasteiger partial charge in [0.2, 0.25) is 5.95 Å². The summed E-state index contributed by atoms with van der Waals surface area (Å²) in [5.74, 6) is -2.29. The Morgan fingerprint density at radius 1 is 1.17 bits per heavy atom. The number of hydrogen-bond acceptors (Lipinski definition) is 4. The molecule has 1 aromatic heterocycles. The molecule has 7 heteroatoms. The van der Waals surface area contributed by atoms with Crippen molar-refractivity contribution in [2.45, 2.75) is 45.1 Å². The van der Waals surface area contributed by atoms with Gasteiger partial charge in [0.1, 0.15) is 17.3 Å². The summed E-state index contributed by atoms with van der Waals surface area (Å²) in [6.45, 7) is 4.02. The van der Waals surface area contributed by atoms with Crippen LogP contribution in [0.1, 0.15) is 44.7 Å². The molecule has 1 aliphatic carbocycles. The Morgan fingerprint density at radius 3 is 2.54 bits per heavy atom. The van der Waals surface area contributed by atoms with Gasteiger partial charge in [-0.2, -0.15) is 4.98 Å². The largest absolute Gasteiger partial charge is 0.352 e. The zero-order chi connectivity index (χ0) is 17.3. The van der Waals surface area contributed by atoms with Gasteiger partial charge in [0.25, 0.3) is 0 Å². The monoisotopic (exact) mass is 336 g/mol. The molecule has 128 valence electrons. The van der Waals surface area contributed by atoms with Gasteiger partial charge >= 0.3 is 0 Å². The van der Waals surface area contributed by atoms with Crippen LogP contribution in [0.2, 0.25) is 0 Å². The lowest BCUT2D eigenvalue weighted by Crippen LogP contribution is -2.17. The Bertz CT molecular complexity index is 747. The fourth-order valence-corrected chi connectivity index (χ4v) is 2.28. The molecule has 1 aliphatic rings. The molecule has 2 aromatic rings. The summed E-state index contributed by atoms with van der Waals surface area (Å²) in [7, 11) is 0. The second-order valence-corrected chi connectivity index (χ2v) is 6.07.